The Morgan fingerprint density at radius 3 is 1.97 bits per heavy atom. The number of carbonyl (C=O) groups is 1. The molecule has 2 unspecified atom stereocenters. The lowest BCUT2D eigenvalue weighted by atomic mass is 9.75. The van der Waals surface area contributed by atoms with Gasteiger partial charge in [0.15, 0.2) is 5.70 Å². The molecule has 1 N–H and O–H groups in total. The summed E-state index contributed by atoms with van der Waals surface area (Å²) in [6.45, 7) is 4.23. The van der Waals surface area contributed by atoms with Crippen molar-refractivity contribution in [2.45, 2.75) is 38.7 Å². The number of anilines is 2. The van der Waals surface area contributed by atoms with E-state index < -0.39 is 11.6 Å². The minimum Gasteiger partial charge on any atom is -0.510 e. The first kappa shape index (κ1) is 25.5. The van der Waals surface area contributed by atoms with Crippen molar-refractivity contribution in [3.8, 4) is 0 Å². The van der Waals surface area contributed by atoms with Gasteiger partial charge in [-0.3, -0.25) is 0 Å². The van der Waals surface area contributed by atoms with Crippen molar-refractivity contribution in [3.05, 3.63) is 120 Å². The molecule has 0 aromatic heterocycles. The van der Waals surface area contributed by atoms with Gasteiger partial charge in [0.1, 0.15) is 23.4 Å². The van der Waals surface area contributed by atoms with Crippen molar-refractivity contribution in [3.63, 3.8) is 0 Å². The molecule has 2 aliphatic rings. The van der Waals surface area contributed by atoms with Crippen LogP contribution in [0, 0.1) is 11.8 Å². The fourth-order valence-corrected chi connectivity index (χ4v) is 5.26. The minimum absolute atomic E-state index is 0.0127. The van der Waals surface area contributed by atoms with Crippen LogP contribution in [0.3, 0.4) is 0 Å². The molecule has 5 rings (SSSR count). The summed E-state index contributed by atoms with van der Waals surface area (Å²) in [6.07, 6.45) is 3.02. The number of rotatable bonds is 9. The number of benzene rings is 3. The average molecular weight is 512 g/mol. The summed E-state index contributed by atoms with van der Waals surface area (Å²) in [5.74, 6) is 0.0429. The van der Waals surface area contributed by atoms with Crippen LogP contribution in [-0.2, 0) is 25.4 Å². The largest absolute Gasteiger partial charge is 0.510 e. The number of esters is 1. The number of hydrogen-bond acceptors (Lipinski definition) is 6. The monoisotopic (exact) mass is 511 g/mol. The first-order valence-electron chi connectivity index (χ1n) is 13.0. The van der Waals surface area contributed by atoms with Gasteiger partial charge in [-0.05, 0) is 48.6 Å². The molecule has 0 saturated carbocycles. The topological polar surface area (TPSA) is 68.2 Å². The lowest BCUT2D eigenvalue weighted by molar-refractivity contribution is -0.167. The Bertz CT molecular complexity index is 1260. The van der Waals surface area contributed by atoms with Crippen molar-refractivity contribution in [1.29, 1.82) is 0 Å². The van der Waals surface area contributed by atoms with E-state index in [-0.39, 0.29) is 36.5 Å². The van der Waals surface area contributed by atoms with Gasteiger partial charge in [-0.25, -0.2) is 4.79 Å². The zero-order valence-corrected chi connectivity index (χ0v) is 21.7. The van der Waals surface area contributed by atoms with E-state index in [1.807, 2.05) is 92.7 Å². The van der Waals surface area contributed by atoms with Crippen LogP contribution in [0.1, 0.15) is 32.3 Å². The predicted molar refractivity (Wildman–Crippen MR) is 146 cm³/mol. The molecule has 2 atom stereocenters. The number of para-hydroxylation sites is 2. The minimum atomic E-state index is -0.921. The summed E-state index contributed by atoms with van der Waals surface area (Å²) in [7, 11) is 0. The van der Waals surface area contributed by atoms with Crippen LogP contribution in [0.25, 0.3) is 0 Å². The lowest BCUT2D eigenvalue weighted by Crippen LogP contribution is -2.48. The van der Waals surface area contributed by atoms with Crippen LogP contribution in [0.5, 0.6) is 0 Å². The van der Waals surface area contributed by atoms with Crippen molar-refractivity contribution in [2.75, 3.05) is 11.7 Å². The van der Waals surface area contributed by atoms with Crippen LogP contribution in [0.2, 0.25) is 0 Å². The zero-order valence-electron chi connectivity index (χ0n) is 21.7. The highest BCUT2D eigenvalue weighted by Gasteiger charge is 2.48. The molecule has 0 radical (unpaired) electrons. The third-order valence-corrected chi connectivity index (χ3v) is 7.35. The maximum atomic E-state index is 13.8. The predicted octanol–water partition coefficient (Wildman–Crippen LogP) is 7.03. The number of carbonyl (C=O) groups excluding carboxylic acids is 1. The number of aliphatic hydroxyl groups is 1. The van der Waals surface area contributed by atoms with E-state index in [9.17, 15) is 9.90 Å². The summed E-state index contributed by atoms with van der Waals surface area (Å²) in [5, 5.41) is 11.6. The van der Waals surface area contributed by atoms with Crippen molar-refractivity contribution < 1.29 is 24.1 Å². The van der Waals surface area contributed by atoms with Crippen molar-refractivity contribution in [1.82, 2.24) is 0 Å². The fraction of sp³-hybridized carbons (Fsp3) is 0.281. The Hall–Kier alpha value is -4.19. The number of ether oxygens (including phenoxy) is 3. The van der Waals surface area contributed by atoms with Gasteiger partial charge < -0.3 is 24.2 Å². The van der Waals surface area contributed by atoms with Gasteiger partial charge in [0.25, 0.3) is 0 Å². The molecular formula is C32H33NO5. The van der Waals surface area contributed by atoms with Crippen molar-refractivity contribution in [2.24, 2.45) is 11.8 Å². The molecular weight excluding hydrogens is 478 g/mol. The van der Waals surface area contributed by atoms with Crippen LogP contribution >= 0.6 is 0 Å². The Morgan fingerprint density at radius 1 is 0.895 bits per heavy atom. The highest BCUT2D eigenvalue weighted by molar-refractivity contribution is 5.97. The summed E-state index contributed by atoms with van der Waals surface area (Å²) < 4.78 is 17.5. The molecule has 6 nitrogen and oxygen atoms in total. The second-order valence-corrected chi connectivity index (χ2v) is 10.1. The van der Waals surface area contributed by atoms with Crippen LogP contribution in [0.4, 0.5) is 11.4 Å². The highest BCUT2D eigenvalue weighted by atomic mass is 16.7. The van der Waals surface area contributed by atoms with Crippen LogP contribution < -0.4 is 4.90 Å². The Balaban J connectivity index is 1.52. The molecule has 196 valence electrons. The Morgan fingerprint density at radius 2 is 1.47 bits per heavy atom. The molecule has 2 heterocycles. The lowest BCUT2D eigenvalue weighted by Gasteiger charge is -2.43. The van der Waals surface area contributed by atoms with Gasteiger partial charge >= 0.3 is 5.97 Å². The molecule has 6 heteroatoms. The molecule has 0 bridgehead atoms. The van der Waals surface area contributed by atoms with Gasteiger partial charge in [-0.1, -0.05) is 80.6 Å². The van der Waals surface area contributed by atoms with E-state index in [1.54, 1.807) is 11.2 Å². The molecule has 0 amide bonds. The molecule has 0 saturated heterocycles. The molecule has 3 aromatic rings. The molecule has 0 fully saturated rings. The van der Waals surface area contributed by atoms with E-state index in [2.05, 4.69) is 12.1 Å². The number of aliphatic hydroxyl groups excluding tert-OH is 1. The normalized spacial score (nSPS) is 19.9. The maximum Gasteiger partial charge on any atom is 0.359 e. The van der Waals surface area contributed by atoms with Crippen LogP contribution in [-0.4, -0.2) is 23.5 Å². The molecule has 0 aliphatic carbocycles. The highest BCUT2D eigenvalue weighted by Crippen LogP contribution is 2.45. The van der Waals surface area contributed by atoms with Gasteiger partial charge in [0.05, 0.1) is 0 Å². The smallest absolute Gasteiger partial charge is 0.359 e. The van der Waals surface area contributed by atoms with Crippen LogP contribution in [0.15, 0.2) is 114 Å². The van der Waals surface area contributed by atoms with Gasteiger partial charge in [0, 0.05) is 23.7 Å². The van der Waals surface area contributed by atoms with E-state index >= 15 is 0 Å². The second-order valence-electron chi connectivity index (χ2n) is 10.1. The standard InChI is InChI=1S/C32H33NO5/c1-23(2)32(19-25(29-21-36-22-37-29)18-24-12-6-3-7-13-24)20-28(34)30(31(35)38-32)33(26-14-8-4-9-15-26)27-16-10-5-11-17-27/h3-17,21,23,25,34H,18-20,22H2,1-2H3. The van der Waals surface area contributed by atoms with E-state index in [1.165, 1.54) is 0 Å². The van der Waals surface area contributed by atoms with Crippen molar-refractivity contribution >= 4 is 17.3 Å². The van der Waals surface area contributed by atoms with Gasteiger partial charge in [0.2, 0.25) is 6.79 Å². The van der Waals surface area contributed by atoms with Gasteiger partial charge in [-0.15, -0.1) is 0 Å². The molecule has 0 spiro atoms. The number of allylic oxidation sites excluding steroid dienone is 1. The Labute approximate surface area is 223 Å². The number of nitrogens with zero attached hydrogens (tertiary/aromatic N) is 1. The first-order valence-corrected chi connectivity index (χ1v) is 13.0. The average Bonchev–Trinajstić information content (AvgIpc) is 3.47. The SMILES string of the molecule is CC(C)C1(CC(Cc2ccccc2)C2=COCO2)CC(O)=C(N(c2ccccc2)c2ccccc2)C(=O)O1. The summed E-state index contributed by atoms with van der Waals surface area (Å²) in [4.78, 5) is 15.6. The maximum absolute atomic E-state index is 13.8. The first-order chi connectivity index (χ1) is 18.5. The third-order valence-electron chi connectivity index (χ3n) is 7.35. The molecule has 2 aliphatic heterocycles. The number of hydrogen-bond donors (Lipinski definition) is 1. The van der Waals surface area contributed by atoms with Gasteiger partial charge in [-0.2, -0.15) is 0 Å². The van der Waals surface area contributed by atoms with E-state index in [0.717, 1.165) is 22.7 Å². The van der Waals surface area contributed by atoms with E-state index in [0.29, 0.717) is 12.8 Å². The summed E-state index contributed by atoms with van der Waals surface area (Å²) in [5.41, 5.74) is 1.89. The summed E-state index contributed by atoms with van der Waals surface area (Å²) in [6, 6.07) is 29.2. The summed E-state index contributed by atoms with van der Waals surface area (Å²) >= 11 is 0. The fourth-order valence-electron chi connectivity index (χ4n) is 5.26. The molecule has 38 heavy (non-hydrogen) atoms. The quantitative estimate of drug-likeness (QED) is 0.311. The third kappa shape index (κ3) is 5.25. The Kier molecular flexibility index (Phi) is 7.40. The van der Waals surface area contributed by atoms with E-state index in [4.69, 9.17) is 14.2 Å². The zero-order chi connectivity index (χ0) is 26.5. The number of cyclic esters (lactones) is 1. The molecule has 3 aromatic carbocycles. The second kappa shape index (κ2) is 11.1.